The number of rotatable bonds is 0. The quantitative estimate of drug-likeness (QED) is 0.662. The van der Waals surface area contributed by atoms with Crippen molar-refractivity contribution in [1.82, 2.24) is 0 Å². The molecule has 0 aromatic heterocycles. The summed E-state index contributed by atoms with van der Waals surface area (Å²) >= 11 is 0. The molecular weight excluding hydrogens is 178 g/mol. The van der Waals surface area contributed by atoms with Crippen molar-refractivity contribution >= 4 is 5.69 Å². The number of aliphatic hydroxyl groups is 1. The van der Waals surface area contributed by atoms with Crippen LogP contribution < -0.4 is 10.1 Å². The van der Waals surface area contributed by atoms with Crippen LogP contribution in [0.2, 0.25) is 0 Å². The molecule has 0 bridgehead atoms. The summed E-state index contributed by atoms with van der Waals surface area (Å²) in [5, 5.41) is 13.3. The zero-order chi connectivity index (χ0) is 10.4. The number of benzene rings is 1. The Kier molecular flexibility index (Phi) is 1.76. The van der Waals surface area contributed by atoms with Gasteiger partial charge in [-0.3, -0.25) is 0 Å². The molecule has 0 amide bonds. The number of nitrogens with one attached hydrogen (secondary N) is 1. The summed E-state index contributed by atoms with van der Waals surface area (Å²) in [6.45, 7) is 5.47. The van der Waals surface area contributed by atoms with E-state index < -0.39 is 11.3 Å². The van der Waals surface area contributed by atoms with Gasteiger partial charge in [-0.2, -0.15) is 0 Å². The molecule has 0 aliphatic carbocycles. The van der Waals surface area contributed by atoms with Crippen LogP contribution in [0.15, 0.2) is 24.3 Å². The lowest BCUT2D eigenvalue weighted by atomic mass is 9.92. The van der Waals surface area contributed by atoms with E-state index in [0.29, 0.717) is 5.75 Å². The van der Waals surface area contributed by atoms with E-state index in [2.05, 4.69) is 5.32 Å². The molecule has 1 aliphatic heterocycles. The first-order chi connectivity index (χ1) is 6.42. The zero-order valence-electron chi connectivity index (χ0n) is 8.66. The van der Waals surface area contributed by atoms with Crippen molar-refractivity contribution in [2.45, 2.75) is 32.1 Å². The highest BCUT2D eigenvalue weighted by Crippen LogP contribution is 2.39. The molecule has 2 rings (SSSR count). The molecule has 2 N–H and O–H groups in total. The number of para-hydroxylation sites is 2. The van der Waals surface area contributed by atoms with E-state index in [1.54, 1.807) is 6.92 Å². The topological polar surface area (TPSA) is 41.5 Å². The number of hydrogen-bond donors (Lipinski definition) is 2. The van der Waals surface area contributed by atoms with Crippen LogP contribution in [0.25, 0.3) is 0 Å². The summed E-state index contributed by atoms with van der Waals surface area (Å²) in [6.07, 6.45) is 0. The molecule has 1 unspecified atom stereocenters. The number of ether oxygens (including phenoxy) is 1. The van der Waals surface area contributed by atoms with Crippen molar-refractivity contribution in [2.24, 2.45) is 0 Å². The molecule has 1 heterocycles. The number of hydrogen-bond acceptors (Lipinski definition) is 3. The Morgan fingerprint density at radius 2 is 1.86 bits per heavy atom. The summed E-state index contributed by atoms with van der Waals surface area (Å²) in [6, 6.07) is 7.60. The summed E-state index contributed by atoms with van der Waals surface area (Å²) in [7, 11) is 0. The fourth-order valence-corrected chi connectivity index (χ4v) is 1.45. The van der Waals surface area contributed by atoms with Crippen molar-refractivity contribution in [2.75, 3.05) is 5.32 Å². The van der Waals surface area contributed by atoms with E-state index in [-0.39, 0.29) is 0 Å². The summed E-state index contributed by atoms with van der Waals surface area (Å²) in [5.74, 6) is -0.502. The Morgan fingerprint density at radius 3 is 2.57 bits per heavy atom. The highest BCUT2D eigenvalue weighted by atomic mass is 16.6. The predicted molar refractivity (Wildman–Crippen MR) is 55.4 cm³/mol. The van der Waals surface area contributed by atoms with Crippen LogP contribution in [0.1, 0.15) is 20.8 Å². The van der Waals surface area contributed by atoms with Gasteiger partial charge in [-0.25, -0.2) is 0 Å². The molecule has 0 saturated carbocycles. The normalized spacial score (nSPS) is 28.6. The number of fused-ring (bicyclic) bond motifs is 1. The van der Waals surface area contributed by atoms with E-state index >= 15 is 0 Å². The molecule has 0 fully saturated rings. The molecule has 76 valence electrons. The Bertz CT molecular complexity index is 323. The van der Waals surface area contributed by atoms with Crippen LogP contribution in [0.3, 0.4) is 0 Å². The Balaban J connectivity index is 2.46. The highest BCUT2D eigenvalue weighted by molar-refractivity contribution is 5.60. The van der Waals surface area contributed by atoms with Crippen LogP contribution >= 0.6 is 0 Å². The van der Waals surface area contributed by atoms with Gasteiger partial charge in [0.05, 0.1) is 11.2 Å². The molecule has 1 aromatic carbocycles. The van der Waals surface area contributed by atoms with Gasteiger partial charge < -0.3 is 15.2 Å². The monoisotopic (exact) mass is 193 g/mol. The van der Waals surface area contributed by atoms with Crippen LogP contribution in [-0.4, -0.2) is 16.4 Å². The van der Waals surface area contributed by atoms with Gasteiger partial charge in [0.2, 0.25) is 5.79 Å². The maximum absolute atomic E-state index is 10.1. The van der Waals surface area contributed by atoms with Crippen LogP contribution in [0, 0.1) is 0 Å². The van der Waals surface area contributed by atoms with Crippen molar-refractivity contribution < 1.29 is 9.84 Å². The lowest BCUT2D eigenvalue weighted by Crippen LogP contribution is -2.59. The van der Waals surface area contributed by atoms with Gasteiger partial charge in [0.1, 0.15) is 5.75 Å². The van der Waals surface area contributed by atoms with E-state index in [4.69, 9.17) is 4.74 Å². The highest BCUT2D eigenvalue weighted by Gasteiger charge is 2.45. The molecule has 3 nitrogen and oxygen atoms in total. The molecule has 1 aliphatic rings. The molecule has 1 atom stereocenters. The largest absolute Gasteiger partial charge is 0.458 e. The Hall–Kier alpha value is -1.22. The second-order valence-corrected chi connectivity index (χ2v) is 4.33. The lowest BCUT2D eigenvalue weighted by Gasteiger charge is -2.45. The average Bonchev–Trinajstić information content (AvgIpc) is 2.05. The Labute approximate surface area is 83.7 Å². The zero-order valence-corrected chi connectivity index (χ0v) is 8.66. The van der Waals surface area contributed by atoms with E-state index in [1.165, 1.54) is 0 Å². The minimum absolute atomic E-state index is 0.499. The number of anilines is 1. The van der Waals surface area contributed by atoms with Gasteiger partial charge in [-0.1, -0.05) is 12.1 Å². The van der Waals surface area contributed by atoms with Gasteiger partial charge >= 0.3 is 0 Å². The molecule has 1 aromatic rings. The van der Waals surface area contributed by atoms with Gasteiger partial charge in [0.25, 0.3) is 0 Å². The van der Waals surface area contributed by atoms with Gasteiger partial charge in [-0.05, 0) is 26.0 Å². The van der Waals surface area contributed by atoms with E-state index in [9.17, 15) is 5.11 Å². The van der Waals surface area contributed by atoms with Crippen molar-refractivity contribution in [3.05, 3.63) is 24.3 Å². The van der Waals surface area contributed by atoms with Crippen LogP contribution in [-0.2, 0) is 0 Å². The summed E-state index contributed by atoms with van der Waals surface area (Å²) < 4.78 is 5.53. The SMILES string of the molecule is CC1(C)Nc2ccccc2OC1(C)O. The minimum Gasteiger partial charge on any atom is -0.458 e. The fraction of sp³-hybridized carbons (Fsp3) is 0.455. The van der Waals surface area contributed by atoms with Gasteiger partial charge in [-0.15, -0.1) is 0 Å². The van der Waals surface area contributed by atoms with Crippen molar-refractivity contribution in [1.29, 1.82) is 0 Å². The lowest BCUT2D eigenvalue weighted by molar-refractivity contribution is -0.163. The van der Waals surface area contributed by atoms with Crippen LogP contribution in [0.4, 0.5) is 5.69 Å². The van der Waals surface area contributed by atoms with Gasteiger partial charge in [0, 0.05) is 6.92 Å². The van der Waals surface area contributed by atoms with E-state index in [0.717, 1.165) is 5.69 Å². The van der Waals surface area contributed by atoms with Crippen molar-refractivity contribution in [3.63, 3.8) is 0 Å². The first-order valence-corrected chi connectivity index (χ1v) is 4.71. The second-order valence-electron chi connectivity index (χ2n) is 4.33. The first-order valence-electron chi connectivity index (χ1n) is 4.71. The summed E-state index contributed by atoms with van der Waals surface area (Å²) in [4.78, 5) is 0. The third kappa shape index (κ3) is 1.24. The molecule has 0 radical (unpaired) electrons. The summed E-state index contributed by atoms with van der Waals surface area (Å²) in [5.41, 5.74) is 0.422. The second kappa shape index (κ2) is 2.64. The molecular formula is C11H15NO2. The van der Waals surface area contributed by atoms with Crippen LogP contribution in [0.5, 0.6) is 5.75 Å². The molecule has 14 heavy (non-hydrogen) atoms. The average molecular weight is 193 g/mol. The fourth-order valence-electron chi connectivity index (χ4n) is 1.45. The molecule has 0 spiro atoms. The third-order valence-corrected chi connectivity index (χ3v) is 2.80. The maximum atomic E-state index is 10.1. The first kappa shape index (κ1) is 9.34. The predicted octanol–water partition coefficient (Wildman–Crippen LogP) is 1.98. The minimum atomic E-state index is -1.19. The third-order valence-electron chi connectivity index (χ3n) is 2.80. The molecule has 0 saturated heterocycles. The molecule has 3 heteroatoms. The van der Waals surface area contributed by atoms with Crippen molar-refractivity contribution in [3.8, 4) is 5.75 Å². The van der Waals surface area contributed by atoms with Gasteiger partial charge in [0.15, 0.2) is 0 Å². The smallest absolute Gasteiger partial charge is 0.228 e. The maximum Gasteiger partial charge on any atom is 0.228 e. The Morgan fingerprint density at radius 1 is 1.21 bits per heavy atom. The standard InChI is InChI=1S/C11H15NO2/c1-10(2)11(3,13)14-9-7-5-4-6-8(9)12-10/h4-7,12-13H,1-3H3. The van der Waals surface area contributed by atoms with E-state index in [1.807, 2.05) is 38.1 Å².